The number of hydrogen-bond acceptors (Lipinski definition) is 3. The van der Waals surface area contributed by atoms with E-state index >= 15 is 0 Å². The van der Waals surface area contributed by atoms with E-state index in [1.165, 1.54) is 6.07 Å². The molecule has 6 heteroatoms. The molecule has 0 spiro atoms. The lowest BCUT2D eigenvalue weighted by molar-refractivity contribution is -0.133. The Hall–Kier alpha value is -1.53. The molecule has 1 atom stereocenters. The number of benzene rings is 1. The van der Waals surface area contributed by atoms with Crippen LogP contribution in [0.1, 0.15) is 25.5 Å². The Morgan fingerprint density at radius 3 is 2.35 bits per heavy atom. The first kappa shape index (κ1) is 17.8. The third kappa shape index (κ3) is 4.48. The minimum Gasteiger partial charge on any atom is -0.338 e. The van der Waals surface area contributed by atoms with E-state index in [9.17, 15) is 13.6 Å². The first-order chi connectivity index (χ1) is 10.9. The summed E-state index contributed by atoms with van der Waals surface area (Å²) in [6.45, 7) is 9.08. The Labute approximate surface area is 136 Å². The maximum atomic E-state index is 13.4. The van der Waals surface area contributed by atoms with Crippen molar-refractivity contribution in [3.05, 3.63) is 35.4 Å². The zero-order valence-corrected chi connectivity index (χ0v) is 14.1. The van der Waals surface area contributed by atoms with E-state index < -0.39 is 11.6 Å². The number of carbonyl (C=O) groups excluding carboxylic acids is 1. The van der Waals surface area contributed by atoms with E-state index in [1.807, 2.05) is 6.92 Å². The largest absolute Gasteiger partial charge is 0.338 e. The molecule has 1 fully saturated rings. The molecular formula is C17H25F2N3O. The number of carbonyl (C=O) groups is 1. The van der Waals surface area contributed by atoms with Gasteiger partial charge in [0.15, 0.2) is 11.6 Å². The van der Waals surface area contributed by atoms with Crippen LogP contribution in [0.4, 0.5) is 8.78 Å². The molecule has 1 unspecified atom stereocenters. The van der Waals surface area contributed by atoms with Crippen molar-refractivity contribution >= 4 is 5.91 Å². The van der Waals surface area contributed by atoms with Gasteiger partial charge in [-0.15, -0.1) is 0 Å². The van der Waals surface area contributed by atoms with Crippen LogP contribution in [-0.4, -0.2) is 66.9 Å². The number of piperazine rings is 1. The van der Waals surface area contributed by atoms with Gasteiger partial charge in [0.1, 0.15) is 0 Å². The van der Waals surface area contributed by atoms with Gasteiger partial charge in [0.2, 0.25) is 5.91 Å². The molecule has 0 bridgehead atoms. The smallest absolute Gasteiger partial charge is 0.236 e. The molecular weight excluding hydrogens is 300 g/mol. The first-order valence-electron chi connectivity index (χ1n) is 8.07. The van der Waals surface area contributed by atoms with E-state index in [2.05, 4.69) is 16.7 Å². The number of hydrogen-bond donors (Lipinski definition) is 0. The number of likely N-dealkylation sites (N-methyl/N-ethyl adjacent to an activating group) is 2. The van der Waals surface area contributed by atoms with Gasteiger partial charge in [-0.05, 0) is 31.2 Å². The second-order valence-electron chi connectivity index (χ2n) is 6.06. The van der Waals surface area contributed by atoms with E-state index in [0.717, 1.165) is 44.9 Å². The highest BCUT2D eigenvalue weighted by Gasteiger charge is 2.23. The molecule has 4 nitrogen and oxygen atoms in total. The van der Waals surface area contributed by atoms with Crippen LogP contribution in [0.15, 0.2) is 18.2 Å². The topological polar surface area (TPSA) is 26.8 Å². The molecule has 1 heterocycles. The minimum absolute atomic E-state index is 0.00724. The van der Waals surface area contributed by atoms with Crippen LogP contribution in [0, 0.1) is 11.6 Å². The van der Waals surface area contributed by atoms with Gasteiger partial charge in [0.25, 0.3) is 0 Å². The molecule has 1 saturated heterocycles. The quantitative estimate of drug-likeness (QED) is 0.830. The molecule has 23 heavy (non-hydrogen) atoms. The minimum atomic E-state index is -0.883. The maximum absolute atomic E-state index is 13.4. The zero-order chi connectivity index (χ0) is 17.0. The summed E-state index contributed by atoms with van der Waals surface area (Å²) >= 11 is 0. The number of amides is 1. The third-order valence-corrected chi connectivity index (χ3v) is 4.67. The van der Waals surface area contributed by atoms with Gasteiger partial charge in [-0.2, -0.15) is 0 Å². The van der Waals surface area contributed by atoms with Crippen LogP contribution in [0.5, 0.6) is 0 Å². The molecule has 2 rings (SSSR count). The van der Waals surface area contributed by atoms with Gasteiger partial charge < -0.3 is 9.80 Å². The van der Waals surface area contributed by atoms with E-state index in [1.54, 1.807) is 11.9 Å². The lowest BCUT2D eigenvalue weighted by Crippen LogP contribution is -2.49. The predicted octanol–water partition coefficient (Wildman–Crippen LogP) is 2.12. The fraction of sp³-hybridized carbons (Fsp3) is 0.588. The van der Waals surface area contributed by atoms with Crippen molar-refractivity contribution < 1.29 is 13.6 Å². The average Bonchev–Trinajstić information content (AvgIpc) is 2.56. The Balaban J connectivity index is 1.92. The van der Waals surface area contributed by atoms with Crippen molar-refractivity contribution in [3.63, 3.8) is 0 Å². The standard InChI is InChI=1S/C17H25F2N3O/c1-4-21-7-9-22(10-8-21)12-17(23)20(3)13(2)14-5-6-15(18)16(19)11-14/h5-6,11,13H,4,7-10,12H2,1-3H3. The molecule has 0 N–H and O–H groups in total. The summed E-state index contributed by atoms with van der Waals surface area (Å²) in [5.41, 5.74) is 0.593. The highest BCUT2D eigenvalue weighted by molar-refractivity contribution is 5.78. The summed E-state index contributed by atoms with van der Waals surface area (Å²) in [6.07, 6.45) is 0. The third-order valence-electron chi connectivity index (χ3n) is 4.67. The fourth-order valence-electron chi connectivity index (χ4n) is 2.78. The van der Waals surface area contributed by atoms with Crippen molar-refractivity contribution in [1.29, 1.82) is 0 Å². The Bertz CT molecular complexity index is 545. The highest BCUT2D eigenvalue weighted by Crippen LogP contribution is 2.21. The molecule has 0 radical (unpaired) electrons. The Morgan fingerprint density at radius 2 is 1.78 bits per heavy atom. The van der Waals surface area contributed by atoms with E-state index in [4.69, 9.17) is 0 Å². The SMILES string of the molecule is CCN1CCN(CC(=O)N(C)C(C)c2ccc(F)c(F)c2)CC1. The predicted molar refractivity (Wildman–Crippen MR) is 86.1 cm³/mol. The Morgan fingerprint density at radius 1 is 1.17 bits per heavy atom. The van der Waals surface area contributed by atoms with Crippen molar-refractivity contribution in [1.82, 2.24) is 14.7 Å². The molecule has 0 saturated carbocycles. The van der Waals surface area contributed by atoms with Crippen LogP contribution in [0.3, 0.4) is 0 Å². The average molecular weight is 325 g/mol. The lowest BCUT2D eigenvalue weighted by Gasteiger charge is -2.35. The number of nitrogens with zero attached hydrogens (tertiary/aromatic N) is 3. The van der Waals surface area contributed by atoms with Crippen LogP contribution < -0.4 is 0 Å². The summed E-state index contributed by atoms with van der Waals surface area (Å²) < 4.78 is 26.4. The monoisotopic (exact) mass is 325 g/mol. The van der Waals surface area contributed by atoms with Crippen molar-refractivity contribution in [2.24, 2.45) is 0 Å². The van der Waals surface area contributed by atoms with Gasteiger partial charge in [0.05, 0.1) is 12.6 Å². The zero-order valence-electron chi connectivity index (χ0n) is 14.1. The summed E-state index contributed by atoms with van der Waals surface area (Å²) in [4.78, 5) is 18.5. The van der Waals surface area contributed by atoms with Crippen molar-refractivity contribution in [2.45, 2.75) is 19.9 Å². The Kier molecular flexibility index (Phi) is 6.07. The van der Waals surface area contributed by atoms with Crippen molar-refractivity contribution in [3.8, 4) is 0 Å². The van der Waals surface area contributed by atoms with Gasteiger partial charge in [-0.25, -0.2) is 8.78 Å². The van der Waals surface area contributed by atoms with Gasteiger partial charge >= 0.3 is 0 Å². The summed E-state index contributed by atoms with van der Waals surface area (Å²) in [6, 6.07) is 3.48. The second-order valence-corrected chi connectivity index (χ2v) is 6.06. The molecule has 0 aliphatic carbocycles. The fourth-order valence-corrected chi connectivity index (χ4v) is 2.78. The normalized spacial score (nSPS) is 18.0. The maximum Gasteiger partial charge on any atom is 0.236 e. The number of rotatable bonds is 5. The molecule has 0 aromatic heterocycles. The molecule has 1 amide bonds. The van der Waals surface area contributed by atoms with Crippen LogP contribution in [-0.2, 0) is 4.79 Å². The summed E-state index contributed by atoms with van der Waals surface area (Å²) in [5.74, 6) is -1.76. The highest BCUT2D eigenvalue weighted by atomic mass is 19.2. The molecule has 1 aliphatic heterocycles. The first-order valence-corrected chi connectivity index (χ1v) is 8.07. The molecule has 1 aromatic rings. The van der Waals surface area contributed by atoms with Crippen molar-refractivity contribution in [2.75, 3.05) is 46.3 Å². The summed E-state index contributed by atoms with van der Waals surface area (Å²) in [7, 11) is 1.70. The van der Waals surface area contributed by atoms with Crippen LogP contribution in [0.25, 0.3) is 0 Å². The van der Waals surface area contributed by atoms with Gasteiger partial charge in [-0.1, -0.05) is 13.0 Å². The van der Waals surface area contributed by atoms with Crippen LogP contribution >= 0.6 is 0 Å². The molecule has 1 aromatic carbocycles. The number of halogens is 2. The second kappa shape index (κ2) is 7.84. The van der Waals surface area contributed by atoms with Gasteiger partial charge in [-0.3, -0.25) is 9.69 Å². The summed E-state index contributed by atoms with van der Waals surface area (Å²) in [5, 5.41) is 0. The van der Waals surface area contributed by atoms with E-state index in [-0.39, 0.29) is 11.9 Å². The van der Waals surface area contributed by atoms with E-state index in [0.29, 0.717) is 12.1 Å². The lowest BCUT2D eigenvalue weighted by atomic mass is 10.1. The molecule has 128 valence electrons. The molecule has 1 aliphatic rings. The van der Waals surface area contributed by atoms with Gasteiger partial charge in [0, 0.05) is 33.2 Å². The van der Waals surface area contributed by atoms with Crippen LogP contribution in [0.2, 0.25) is 0 Å².